The Balaban J connectivity index is 1.20. The van der Waals surface area contributed by atoms with Crippen LogP contribution in [0.5, 0.6) is 0 Å². The van der Waals surface area contributed by atoms with E-state index < -0.39 is 22.2 Å². The molecule has 2 heterocycles. The highest BCUT2D eigenvalue weighted by molar-refractivity contribution is 7.96. The van der Waals surface area contributed by atoms with Gasteiger partial charge in [0.2, 0.25) is 5.12 Å². The van der Waals surface area contributed by atoms with Crippen LogP contribution in [0.3, 0.4) is 0 Å². The maximum Gasteiger partial charge on any atom is 0.254 e. The molecule has 4 fully saturated rings. The van der Waals surface area contributed by atoms with Crippen LogP contribution in [0, 0.1) is 28.6 Å². The van der Waals surface area contributed by atoms with E-state index in [0.717, 1.165) is 42.6 Å². The number of fused-ring (bicyclic) bond motifs is 6. The molecule has 4 aliphatic carbocycles. The van der Waals surface area contributed by atoms with Crippen LogP contribution in [0.2, 0.25) is 0 Å². The van der Waals surface area contributed by atoms with Gasteiger partial charge in [-0.05, 0) is 91.5 Å². The molecule has 2 aromatic rings. The third-order valence-corrected chi connectivity index (χ3v) is 11.9. The van der Waals surface area contributed by atoms with Gasteiger partial charge in [-0.1, -0.05) is 25.5 Å². The Morgan fingerprint density at radius 2 is 1.95 bits per heavy atom. The molecule has 1 aliphatic heterocycles. The number of aliphatic hydroxyl groups excluding tert-OH is 1. The fraction of sp³-hybridized carbons (Fsp3) is 0.594. The first-order valence-corrected chi connectivity index (χ1v) is 15.4. The van der Waals surface area contributed by atoms with Gasteiger partial charge in [0.15, 0.2) is 0 Å². The number of hydrogen-bond acceptors (Lipinski definition) is 6. The van der Waals surface area contributed by atoms with E-state index in [2.05, 4.69) is 25.6 Å². The van der Waals surface area contributed by atoms with E-state index in [9.17, 15) is 19.8 Å². The lowest BCUT2D eigenvalue weighted by molar-refractivity contribution is -0.173. The zero-order chi connectivity index (χ0) is 28.7. The molecule has 0 radical (unpaired) electrons. The van der Waals surface area contributed by atoms with Crippen LogP contribution in [0.1, 0.15) is 67.6 Å². The molecule has 1 aromatic carbocycles. The first-order chi connectivity index (χ1) is 19.6. The maximum atomic E-state index is 13.2. The number of thiol groups is 1. The molecule has 8 nitrogen and oxygen atoms in total. The summed E-state index contributed by atoms with van der Waals surface area (Å²) < 4.78 is 7.35. The van der Waals surface area contributed by atoms with Gasteiger partial charge in [-0.25, -0.2) is 4.68 Å². The first kappa shape index (κ1) is 27.4. The third-order valence-electron chi connectivity index (χ3n) is 11.6. The smallest absolute Gasteiger partial charge is 0.254 e. The van der Waals surface area contributed by atoms with E-state index in [1.165, 1.54) is 5.57 Å². The SMILES string of the molecule is C[C@]12Cc3cnn(-c4cccc(C(=O)N5CCOCC5)c4)c3C=C1CC[C@@H]1[C@@H]2[C@@H](O)C[C@@]2(C)[C@H]1CC[C@]2(O)C(=O)S. The number of aliphatic hydroxyl groups is 2. The highest BCUT2D eigenvalue weighted by Gasteiger charge is 2.68. The number of ether oxygens (including phenoxy) is 1. The number of aromatic nitrogens is 2. The average Bonchev–Trinajstić information content (AvgIpc) is 3.49. The van der Waals surface area contributed by atoms with Gasteiger partial charge in [0, 0.05) is 24.1 Å². The van der Waals surface area contributed by atoms with Gasteiger partial charge in [-0.3, -0.25) is 9.59 Å². The van der Waals surface area contributed by atoms with E-state index in [1.54, 1.807) is 0 Å². The van der Waals surface area contributed by atoms with Crippen molar-refractivity contribution in [1.82, 2.24) is 14.7 Å². The minimum absolute atomic E-state index is 0.0112. The summed E-state index contributed by atoms with van der Waals surface area (Å²) in [6.07, 6.45) is 7.78. The van der Waals surface area contributed by atoms with Gasteiger partial charge in [0.25, 0.3) is 5.91 Å². The molecule has 9 heteroatoms. The number of rotatable bonds is 3. The fourth-order valence-electron chi connectivity index (χ4n) is 9.47. The summed E-state index contributed by atoms with van der Waals surface area (Å²) in [5, 5.41) is 27.4. The second-order valence-electron chi connectivity index (χ2n) is 13.4. The Morgan fingerprint density at radius 1 is 1.17 bits per heavy atom. The van der Waals surface area contributed by atoms with Crippen molar-refractivity contribution in [2.45, 2.75) is 64.1 Å². The lowest BCUT2D eigenvalue weighted by atomic mass is 9.45. The number of allylic oxidation sites excluding steroid dienone is 1. The molecule has 0 bridgehead atoms. The van der Waals surface area contributed by atoms with Gasteiger partial charge < -0.3 is 19.8 Å². The monoisotopic (exact) mass is 577 g/mol. The maximum absolute atomic E-state index is 13.2. The quantitative estimate of drug-likeness (QED) is 0.481. The standard InChI is InChI=1S/C32H39N3O5S/c1-30-16-20-18-33-35(22-5-3-4-19(14-22)28(37)34-10-12-40-13-11-34)25(20)15-21(30)6-7-23-24-8-9-32(39,29(38)41)31(24,2)17-26(36)27(23)30/h3-5,14-15,18,23-24,26-27,36,39H,6-13,16-17H2,1-2H3,(H,38,41)/t23-,24-,26-,27+,30-,31-,32-/m0/s1. The highest BCUT2D eigenvalue weighted by Crippen LogP contribution is 2.67. The number of carbonyl (C=O) groups is 2. The molecule has 2 N–H and O–H groups in total. The Labute approximate surface area is 246 Å². The summed E-state index contributed by atoms with van der Waals surface area (Å²) in [6, 6.07) is 7.68. The number of morpholine rings is 1. The van der Waals surface area contributed by atoms with Crippen LogP contribution < -0.4 is 0 Å². The molecule has 218 valence electrons. The minimum Gasteiger partial charge on any atom is -0.393 e. The van der Waals surface area contributed by atoms with E-state index in [0.29, 0.717) is 44.7 Å². The van der Waals surface area contributed by atoms with E-state index in [4.69, 9.17) is 9.84 Å². The number of nitrogens with zero attached hydrogens (tertiary/aromatic N) is 3. The van der Waals surface area contributed by atoms with Crippen LogP contribution in [0.15, 0.2) is 36.0 Å². The van der Waals surface area contributed by atoms with Crippen molar-refractivity contribution >= 4 is 29.7 Å². The normalized spacial score (nSPS) is 37.9. The van der Waals surface area contributed by atoms with Gasteiger partial charge in [0.1, 0.15) is 5.60 Å². The Hall–Kier alpha value is -2.46. The molecule has 1 amide bonds. The molecule has 0 spiro atoms. The first-order valence-electron chi connectivity index (χ1n) is 15.0. The zero-order valence-electron chi connectivity index (χ0n) is 23.8. The summed E-state index contributed by atoms with van der Waals surface area (Å²) in [5.74, 6) is 0.458. The van der Waals surface area contributed by atoms with Gasteiger partial charge in [0.05, 0.1) is 36.9 Å². The zero-order valence-corrected chi connectivity index (χ0v) is 24.6. The second-order valence-corrected chi connectivity index (χ2v) is 13.8. The third kappa shape index (κ3) is 3.88. The summed E-state index contributed by atoms with van der Waals surface area (Å²) in [5.41, 5.74) is 2.62. The van der Waals surface area contributed by atoms with Crippen LogP contribution in [-0.4, -0.2) is 73.9 Å². The summed E-state index contributed by atoms with van der Waals surface area (Å²) in [6.45, 7) is 6.61. The van der Waals surface area contributed by atoms with Crippen molar-refractivity contribution in [2.24, 2.45) is 28.6 Å². The summed E-state index contributed by atoms with van der Waals surface area (Å²) in [4.78, 5) is 27.5. The van der Waals surface area contributed by atoms with Crippen molar-refractivity contribution in [3.05, 3.63) is 52.9 Å². The van der Waals surface area contributed by atoms with Crippen LogP contribution in [0.4, 0.5) is 0 Å². The van der Waals surface area contributed by atoms with Crippen molar-refractivity contribution in [1.29, 1.82) is 0 Å². The van der Waals surface area contributed by atoms with Crippen molar-refractivity contribution < 1.29 is 24.5 Å². The Morgan fingerprint density at radius 3 is 2.71 bits per heavy atom. The lowest BCUT2D eigenvalue weighted by Gasteiger charge is -2.60. The van der Waals surface area contributed by atoms with Crippen LogP contribution >= 0.6 is 12.6 Å². The fourth-order valence-corrected chi connectivity index (χ4v) is 9.83. The topological polar surface area (TPSA) is 105 Å². The van der Waals surface area contributed by atoms with Crippen LogP contribution in [-0.2, 0) is 16.0 Å². The van der Waals surface area contributed by atoms with Crippen LogP contribution in [0.25, 0.3) is 11.8 Å². The van der Waals surface area contributed by atoms with Gasteiger partial charge in [-0.15, -0.1) is 12.6 Å². The number of amides is 1. The Bertz CT molecular complexity index is 1450. The molecule has 1 saturated heterocycles. The van der Waals surface area contributed by atoms with E-state index in [1.807, 2.05) is 47.0 Å². The second kappa shape index (κ2) is 9.53. The largest absolute Gasteiger partial charge is 0.393 e. The molecular weight excluding hydrogens is 538 g/mol. The minimum atomic E-state index is -1.48. The predicted octanol–water partition coefficient (Wildman–Crippen LogP) is 3.69. The molecular formula is C32H39N3O5S. The van der Waals surface area contributed by atoms with E-state index >= 15 is 0 Å². The molecule has 7 atom stereocenters. The van der Waals surface area contributed by atoms with E-state index in [-0.39, 0.29) is 29.1 Å². The molecule has 0 unspecified atom stereocenters. The summed E-state index contributed by atoms with van der Waals surface area (Å²) in [7, 11) is 0. The van der Waals surface area contributed by atoms with Crippen molar-refractivity contribution in [3.8, 4) is 5.69 Å². The number of benzene rings is 1. The molecule has 5 aliphatic rings. The Kier molecular flexibility index (Phi) is 6.36. The average molecular weight is 578 g/mol. The van der Waals surface area contributed by atoms with Gasteiger partial charge in [-0.2, -0.15) is 5.10 Å². The van der Waals surface area contributed by atoms with Crippen molar-refractivity contribution in [3.63, 3.8) is 0 Å². The van der Waals surface area contributed by atoms with Gasteiger partial charge >= 0.3 is 0 Å². The molecule has 41 heavy (non-hydrogen) atoms. The lowest BCUT2D eigenvalue weighted by Crippen LogP contribution is -2.61. The molecule has 1 aromatic heterocycles. The number of hydrogen-bond donors (Lipinski definition) is 3. The highest BCUT2D eigenvalue weighted by atomic mass is 32.1. The summed E-state index contributed by atoms with van der Waals surface area (Å²) >= 11 is 4.08. The molecule has 7 rings (SSSR count). The molecule has 3 saturated carbocycles. The number of carbonyl (C=O) groups excluding carboxylic acids is 2. The van der Waals surface area contributed by atoms with Crippen molar-refractivity contribution in [2.75, 3.05) is 26.3 Å². The predicted molar refractivity (Wildman–Crippen MR) is 157 cm³/mol.